The zero-order chi connectivity index (χ0) is 13.9. The minimum absolute atomic E-state index is 0.0641. The predicted octanol–water partition coefficient (Wildman–Crippen LogP) is 1.35. The van der Waals surface area contributed by atoms with Crippen molar-refractivity contribution in [3.8, 4) is 0 Å². The maximum atomic E-state index is 12.1. The van der Waals surface area contributed by atoms with Crippen LogP contribution >= 0.6 is 0 Å². The van der Waals surface area contributed by atoms with E-state index in [0.29, 0.717) is 0 Å². The van der Waals surface area contributed by atoms with Crippen molar-refractivity contribution in [2.75, 3.05) is 13.1 Å². The van der Waals surface area contributed by atoms with Crippen LogP contribution in [0.15, 0.2) is 0 Å². The van der Waals surface area contributed by atoms with E-state index >= 15 is 0 Å². The Bertz CT molecular complexity index is 291. The fraction of sp³-hybridized carbons (Fsp3) is 0.929. The van der Waals surface area contributed by atoms with Crippen LogP contribution in [-0.4, -0.2) is 42.0 Å². The third-order valence-electron chi connectivity index (χ3n) is 4.27. The van der Waals surface area contributed by atoms with E-state index in [2.05, 4.69) is 31.0 Å². The van der Waals surface area contributed by atoms with Crippen molar-refractivity contribution in [2.24, 2.45) is 11.1 Å². The van der Waals surface area contributed by atoms with Crippen molar-refractivity contribution in [1.82, 2.24) is 10.2 Å². The quantitative estimate of drug-likeness (QED) is 0.797. The zero-order valence-electron chi connectivity index (χ0n) is 12.5. The van der Waals surface area contributed by atoms with Gasteiger partial charge >= 0.3 is 0 Å². The number of nitrogens with zero attached hydrogens (tertiary/aromatic N) is 1. The molecule has 1 heterocycles. The highest BCUT2D eigenvalue weighted by Crippen LogP contribution is 2.28. The van der Waals surface area contributed by atoms with Crippen LogP contribution in [0.1, 0.15) is 47.5 Å². The fourth-order valence-corrected chi connectivity index (χ4v) is 2.38. The molecule has 18 heavy (non-hydrogen) atoms. The molecule has 4 heteroatoms. The van der Waals surface area contributed by atoms with Gasteiger partial charge in [0.1, 0.15) is 0 Å². The summed E-state index contributed by atoms with van der Waals surface area (Å²) >= 11 is 0. The zero-order valence-corrected chi connectivity index (χ0v) is 12.5. The Hall–Kier alpha value is -0.610. The van der Waals surface area contributed by atoms with E-state index in [1.807, 2.05) is 13.8 Å². The molecule has 1 rings (SSSR count). The molecule has 0 aliphatic carbocycles. The maximum Gasteiger partial charge on any atom is 0.237 e. The Labute approximate surface area is 111 Å². The van der Waals surface area contributed by atoms with Gasteiger partial charge in [0.25, 0.3) is 0 Å². The van der Waals surface area contributed by atoms with Gasteiger partial charge in [0.2, 0.25) is 5.91 Å². The lowest BCUT2D eigenvalue weighted by atomic mass is 9.79. The van der Waals surface area contributed by atoms with Crippen molar-refractivity contribution in [2.45, 2.75) is 65.6 Å². The number of hydrogen-bond acceptors (Lipinski definition) is 3. The summed E-state index contributed by atoms with van der Waals surface area (Å²) in [7, 11) is 0. The minimum Gasteiger partial charge on any atom is -0.352 e. The molecule has 106 valence electrons. The molecule has 3 unspecified atom stereocenters. The number of nitrogens with two attached hydrogens (primary N) is 1. The third-order valence-corrected chi connectivity index (χ3v) is 4.27. The Morgan fingerprint density at radius 2 is 2.11 bits per heavy atom. The predicted molar refractivity (Wildman–Crippen MR) is 75.3 cm³/mol. The first kappa shape index (κ1) is 15.4. The maximum absolute atomic E-state index is 12.1. The van der Waals surface area contributed by atoms with Crippen LogP contribution in [0, 0.1) is 5.41 Å². The molecule has 0 aromatic rings. The topological polar surface area (TPSA) is 58.4 Å². The summed E-state index contributed by atoms with van der Waals surface area (Å²) in [6.45, 7) is 12.3. The Morgan fingerprint density at radius 3 is 2.61 bits per heavy atom. The Kier molecular flexibility index (Phi) is 5.17. The van der Waals surface area contributed by atoms with Gasteiger partial charge in [-0.15, -0.1) is 0 Å². The molecule has 3 atom stereocenters. The lowest BCUT2D eigenvalue weighted by molar-refractivity contribution is -0.127. The summed E-state index contributed by atoms with van der Waals surface area (Å²) in [5.41, 5.74) is 6.21. The van der Waals surface area contributed by atoms with Crippen molar-refractivity contribution in [3.05, 3.63) is 0 Å². The van der Waals surface area contributed by atoms with E-state index in [9.17, 15) is 4.79 Å². The largest absolute Gasteiger partial charge is 0.352 e. The molecule has 3 N–H and O–H groups in total. The highest BCUT2D eigenvalue weighted by atomic mass is 16.2. The monoisotopic (exact) mass is 255 g/mol. The molecule has 0 spiro atoms. The standard InChI is InChI=1S/C14H29N3O/c1-6-10(2)16-13(18)11(3)17-8-7-12(15)14(4,5)9-17/h10-12H,6-9,15H2,1-5H3,(H,16,18). The minimum atomic E-state index is -0.0641. The normalized spacial score (nSPS) is 27.6. The number of rotatable bonds is 4. The SMILES string of the molecule is CCC(C)NC(=O)C(C)N1CCC(N)C(C)(C)C1. The van der Waals surface area contributed by atoms with Crippen molar-refractivity contribution >= 4 is 5.91 Å². The van der Waals surface area contributed by atoms with E-state index in [1.165, 1.54) is 0 Å². The van der Waals surface area contributed by atoms with Crippen molar-refractivity contribution in [3.63, 3.8) is 0 Å². The van der Waals surface area contributed by atoms with Gasteiger partial charge in [-0.05, 0) is 32.1 Å². The summed E-state index contributed by atoms with van der Waals surface area (Å²) in [5.74, 6) is 0.135. The van der Waals surface area contributed by atoms with Crippen LogP contribution in [0.25, 0.3) is 0 Å². The molecule has 1 saturated heterocycles. The molecule has 0 aromatic heterocycles. The van der Waals surface area contributed by atoms with Gasteiger partial charge in [-0.1, -0.05) is 20.8 Å². The van der Waals surface area contributed by atoms with Crippen LogP contribution in [-0.2, 0) is 4.79 Å². The van der Waals surface area contributed by atoms with E-state index in [1.54, 1.807) is 0 Å². The molecular formula is C14H29N3O. The van der Waals surface area contributed by atoms with Gasteiger partial charge in [0.05, 0.1) is 6.04 Å². The number of nitrogens with one attached hydrogen (secondary N) is 1. The first-order valence-corrected chi connectivity index (χ1v) is 7.08. The van der Waals surface area contributed by atoms with Crippen molar-refractivity contribution in [1.29, 1.82) is 0 Å². The lowest BCUT2D eigenvalue weighted by Crippen LogP contribution is -2.57. The summed E-state index contributed by atoms with van der Waals surface area (Å²) in [6, 6.07) is 0.421. The average molecular weight is 255 g/mol. The van der Waals surface area contributed by atoms with Gasteiger partial charge < -0.3 is 11.1 Å². The molecule has 0 aromatic carbocycles. The van der Waals surface area contributed by atoms with E-state index in [0.717, 1.165) is 25.9 Å². The Balaban J connectivity index is 2.57. The van der Waals surface area contributed by atoms with Gasteiger partial charge in [-0.2, -0.15) is 0 Å². The molecule has 4 nitrogen and oxygen atoms in total. The summed E-state index contributed by atoms with van der Waals surface area (Å²) in [5, 5.41) is 3.05. The molecule has 1 fully saturated rings. The molecule has 0 radical (unpaired) electrons. The van der Waals surface area contributed by atoms with Gasteiger partial charge in [-0.25, -0.2) is 0 Å². The highest BCUT2D eigenvalue weighted by Gasteiger charge is 2.36. The van der Waals surface area contributed by atoms with Crippen LogP contribution < -0.4 is 11.1 Å². The Morgan fingerprint density at radius 1 is 1.50 bits per heavy atom. The summed E-state index contributed by atoms with van der Waals surface area (Å²) < 4.78 is 0. The smallest absolute Gasteiger partial charge is 0.237 e. The van der Waals surface area contributed by atoms with E-state index in [4.69, 9.17) is 5.73 Å². The fourth-order valence-electron chi connectivity index (χ4n) is 2.38. The molecule has 1 aliphatic heterocycles. The highest BCUT2D eigenvalue weighted by molar-refractivity contribution is 5.81. The van der Waals surface area contributed by atoms with Crippen LogP contribution in [0.3, 0.4) is 0 Å². The first-order valence-electron chi connectivity index (χ1n) is 7.08. The third kappa shape index (κ3) is 3.69. The number of piperidine rings is 1. The molecule has 1 aliphatic rings. The lowest BCUT2D eigenvalue weighted by Gasteiger charge is -2.44. The van der Waals surface area contributed by atoms with Crippen LogP contribution in [0.2, 0.25) is 0 Å². The second-order valence-corrected chi connectivity index (χ2v) is 6.35. The number of carbonyl (C=O) groups is 1. The molecular weight excluding hydrogens is 226 g/mol. The van der Waals surface area contributed by atoms with Gasteiger partial charge in [0, 0.05) is 25.2 Å². The average Bonchev–Trinajstić information content (AvgIpc) is 2.31. The summed E-state index contributed by atoms with van der Waals surface area (Å²) in [4.78, 5) is 14.4. The number of likely N-dealkylation sites (tertiary alicyclic amines) is 1. The second kappa shape index (κ2) is 6.02. The van der Waals surface area contributed by atoms with Gasteiger partial charge in [0.15, 0.2) is 0 Å². The van der Waals surface area contributed by atoms with Gasteiger partial charge in [-0.3, -0.25) is 9.69 Å². The summed E-state index contributed by atoms with van der Waals surface area (Å²) in [6.07, 6.45) is 1.93. The number of amides is 1. The first-order chi connectivity index (χ1) is 8.27. The van der Waals surface area contributed by atoms with Crippen LogP contribution in [0.4, 0.5) is 0 Å². The van der Waals surface area contributed by atoms with Crippen LogP contribution in [0.5, 0.6) is 0 Å². The molecule has 0 bridgehead atoms. The number of hydrogen-bond donors (Lipinski definition) is 2. The number of carbonyl (C=O) groups excluding carboxylic acids is 1. The second-order valence-electron chi connectivity index (χ2n) is 6.35. The molecule has 1 amide bonds. The van der Waals surface area contributed by atoms with E-state index in [-0.39, 0.29) is 29.4 Å². The molecule has 0 saturated carbocycles. The van der Waals surface area contributed by atoms with E-state index < -0.39 is 0 Å². The van der Waals surface area contributed by atoms with Crippen molar-refractivity contribution < 1.29 is 4.79 Å².